The number of halogens is 4. The van der Waals surface area contributed by atoms with Crippen LogP contribution in [-0.2, 0) is 4.74 Å². The van der Waals surface area contributed by atoms with Gasteiger partial charge in [-0.1, -0.05) is 11.6 Å². The Hall–Kier alpha value is -3.52. The Labute approximate surface area is 196 Å². The van der Waals surface area contributed by atoms with Gasteiger partial charge in [-0.05, 0) is 37.1 Å². The molecule has 2 aromatic heterocycles. The number of carbonyl (C=O) groups is 1. The number of hydrogen-bond donors (Lipinski definition) is 0. The first-order valence-electron chi connectivity index (χ1n) is 10.5. The largest absolute Gasteiger partial charge is 0.576 e. The van der Waals surface area contributed by atoms with Gasteiger partial charge in [-0.3, -0.25) is 4.57 Å². The van der Waals surface area contributed by atoms with Crippen molar-refractivity contribution in [2.45, 2.75) is 50.2 Å². The lowest BCUT2D eigenvalue weighted by Crippen LogP contribution is -2.50. The molecule has 34 heavy (non-hydrogen) atoms. The molecule has 8 nitrogen and oxygen atoms in total. The van der Waals surface area contributed by atoms with E-state index >= 15 is 0 Å². The van der Waals surface area contributed by atoms with Gasteiger partial charge in [0, 0.05) is 31.1 Å². The molecule has 2 aliphatic rings. The van der Waals surface area contributed by atoms with Crippen molar-refractivity contribution in [3.8, 4) is 17.6 Å². The molecule has 176 valence electrons. The number of carbonyl (C=O) groups excluding carboxylic acids is 1. The number of nitriles is 1. The third-order valence-corrected chi connectivity index (χ3v) is 6.47. The fourth-order valence-corrected chi connectivity index (χ4v) is 5.09. The maximum Gasteiger partial charge on any atom is 0.576 e. The lowest BCUT2D eigenvalue weighted by atomic mass is 10.0. The molecule has 0 N–H and O–H groups in total. The zero-order valence-corrected chi connectivity index (χ0v) is 18.3. The molecule has 0 spiro atoms. The van der Waals surface area contributed by atoms with Crippen LogP contribution in [0.2, 0.25) is 5.02 Å². The molecule has 2 saturated heterocycles. The Balaban J connectivity index is 1.36. The van der Waals surface area contributed by atoms with E-state index in [4.69, 9.17) is 21.6 Å². The van der Waals surface area contributed by atoms with Crippen LogP contribution in [0, 0.1) is 11.3 Å². The summed E-state index contributed by atoms with van der Waals surface area (Å²) in [6, 6.07) is 7.97. The van der Waals surface area contributed by atoms with Crippen molar-refractivity contribution in [1.29, 1.82) is 5.26 Å². The molecular formula is C22H17ClF3N5O3. The standard InChI is InChI=1S/C22H17ClF3N5O3/c23-17-7-12(10-27)1-4-18(17)30-6-5-16-19(30)28-11-29-20(16)33-15-8-13-2-3-14(9-15)31(13)21(32)34-22(24,25)26/h1,4-7,11,13-15H,2-3,8-9H2/t13-,14-/m0/s1. The highest BCUT2D eigenvalue weighted by molar-refractivity contribution is 6.32. The summed E-state index contributed by atoms with van der Waals surface area (Å²) >= 11 is 6.35. The second-order valence-electron chi connectivity index (χ2n) is 8.20. The highest BCUT2D eigenvalue weighted by atomic mass is 35.5. The van der Waals surface area contributed by atoms with E-state index in [0.29, 0.717) is 58.9 Å². The van der Waals surface area contributed by atoms with E-state index in [1.807, 2.05) is 6.07 Å². The number of piperidine rings is 1. The van der Waals surface area contributed by atoms with Gasteiger partial charge >= 0.3 is 12.5 Å². The van der Waals surface area contributed by atoms with Crippen LogP contribution in [-0.4, -0.2) is 50.1 Å². The summed E-state index contributed by atoms with van der Waals surface area (Å²) in [5.41, 5.74) is 1.62. The van der Waals surface area contributed by atoms with E-state index in [1.54, 1.807) is 35.0 Å². The van der Waals surface area contributed by atoms with Crippen LogP contribution in [0.25, 0.3) is 16.7 Å². The summed E-state index contributed by atoms with van der Waals surface area (Å²) in [5, 5.41) is 10.1. The minimum absolute atomic E-state index is 0.326. The highest BCUT2D eigenvalue weighted by Crippen LogP contribution is 2.39. The van der Waals surface area contributed by atoms with Crippen LogP contribution in [0.1, 0.15) is 31.2 Å². The van der Waals surface area contributed by atoms with Crippen molar-refractivity contribution in [2.24, 2.45) is 0 Å². The zero-order chi connectivity index (χ0) is 24.0. The average molecular weight is 492 g/mol. The normalized spacial score (nSPS) is 22.0. The molecule has 3 aromatic rings. The summed E-state index contributed by atoms with van der Waals surface area (Å²) in [4.78, 5) is 21.8. The number of hydrogen-bond acceptors (Lipinski definition) is 6. The molecule has 0 radical (unpaired) electrons. The number of aromatic nitrogens is 3. The first kappa shape index (κ1) is 22.3. The number of fused-ring (bicyclic) bond motifs is 3. The molecule has 2 atom stereocenters. The van der Waals surface area contributed by atoms with E-state index in [-0.39, 0.29) is 6.10 Å². The summed E-state index contributed by atoms with van der Waals surface area (Å²) in [6.45, 7) is 0. The highest BCUT2D eigenvalue weighted by Gasteiger charge is 2.48. The summed E-state index contributed by atoms with van der Waals surface area (Å²) < 4.78 is 49.0. The molecule has 5 rings (SSSR count). The first-order chi connectivity index (χ1) is 16.2. The van der Waals surface area contributed by atoms with Crippen molar-refractivity contribution < 1.29 is 27.4 Å². The van der Waals surface area contributed by atoms with Crippen molar-refractivity contribution >= 4 is 28.7 Å². The van der Waals surface area contributed by atoms with Crippen molar-refractivity contribution in [2.75, 3.05) is 0 Å². The summed E-state index contributed by atoms with van der Waals surface area (Å²) in [6.07, 6.45) is -1.66. The molecular weight excluding hydrogens is 475 g/mol. The topological polar surface area (TPSA) is 93.3 Å². The molecule has 0 unspecified atom stereocenters. The Morgan fingerprint density at radius 2 is 1.91 bits per heavy atom. The predicted molar refractivity (Wildman–Crippen MR) is 113 cm³/mol. The summed E-state index contributed by atoms with van der Waals surface area (Å²) in [7, 11) is 0. The van der Waals surface area contributed by atoms with E-state index in [9.17, 15) is 18.0 Å². The SMILES string of the molecule is N#Cc1ccc(-n2ccc3c(OC4C[C@@H]5CC[C@@H](C4)N5C(=O)OC(F)(F)F)ncnc32)c(Cl)c1. The van der Waals surface area contributed by atoms with Gasteiger partial charge in [0.25, 0.3) is 0 Å². The number of alkyl halides is 3. The van der Waals surface area contributed by atoms with Crippen LogP contribution in [0.4, 0.5) is 18.0 Å². The number of nitrogens with zero attached hydrogens (tertiary/aromatic N) is 5. The molecule has 0 aliphatic carbocycles. The second-order valence-corrected chi connectivity index (χ2v) is 8.60. The second kappa shape index (κ2) is 8.36. The number of benzene rings is 1. The molecule has 1 aromatic carbocycles. The van der Waals surface area contributed by atoms with E-state index < -0.39 is 24.5 Å². The van der Waals surface area contributed by atoms with E-state index in [0.717, 1.165) is 0 Å². The van der Waals surface area contributed by atoms with Gasteiger partial charge in [0.05, 0.1) is 27.7 Å². The lowest BCUT2D eigenvalue weighted by molar-refractivity contribution is -0.295. The zero-order valence-electron chi connectivity index (χ0n) is 17.5. The van der Waals surface area contributed by atoms with Crippen molar-refractivity contribution in [1.82, 2.24) is 19.4 Å². The van der Waals surface area contributed by atoms with Gasteiger partial charge in [0.1, 0.15) is 12.4 Å². The third-order valence-electron chi connectivity index (χ3n) is 6.16. The molecule has 2 fully saturated rings. The molecule has 1 amide bonds. The quantitative estimate of drug-likeness (QED) is 0.513. The smallest absolute Gasteiger partial charge is 0.474 e. The number of ether oxygens (including phenoxy) is 2. The van der Waals surface area contributed by atoms with Crippen LogP contribution in [0.15, 0.2) is 36.8 Å². The van der Waals surface area contributed by atoms with Gasteiger partial charge in [0.15, 0.2) is 5.65 Å². The van der Waals surface area contributed by atoms with Crippen LogP contribution in [0.3, 0.4) is 0 Å². The number of amides is 1. The fraction of sp³-hybridized carbons (Fsp3) is 0.364. The Morgan fingerprint density at radius 1 is 1.18 bits per heavy atom. The van der Waals surface area contributed by atoms with Gasteiger partial charge in [0.2, 0.25) is 5.88 Å². The summed E-state index contributed by atoms with van der Waals surface area (Å²) in [5.74, 6) is 0.337. The van der Waals surface area contributed by atoms with Crippen molar-refractivity contribution in [3.63, 3.8) is 0 Å². The minimum Gasteiger partial charge on any atom is -0.474 e. The Morgan fingerprint density at radius 3 is 2.56 bits per heavy atom. The Kier molecular flexibility index (Phi) is 5.48. The maximum atomic E-state index is 12.5. The van der Waals surface area contributed by atoms with Crippen LogP contribution >= 0.6 is 11.6 Å². The predicted octanol–water partition coefficient (Wildman–Crippen LogP) is 4.98. The first-order valence-corrected chi connectivity index (χ1v) is 10.9. The van der Waals surface area contributed by atoms with Crippen LogP contribution < -0.4 is 4.74 Å². The van der Waals surface area contributed by atoms with Gasteiger partial charge in [-0.15, -0.1) is 13.2 Å². The van der Waals surface area contributed by atoms with E-state index in [2.05, 4.69) is 14.7 Å². The average Bonchev–Trinajstić information content (AvgIpc) is 3.32. The molecule has 12 heteroatoms. The fourth-order valence-electron chi connectivity index (χ4n) is 4.82. The molecule has 2 bridgehead atoms. The van der Waals surface area contributed by atoms with Crippen molar-refractivity contribution in [3.05, 3.63) is 47.4 Å². The van der Waals surface area contributed by atoms with Gasteiger partial charge < -0.3 is 14.4 Å². The maximum absolute atomic E-state index is 12.5. The molecule has 2 aliphatic heterocycles. The van der Waals surface area contributed by atoms with E-state index in [1.165, 1.54) is 11.2 Å². The lowest BCUT2D eigenvalue weighted by Gasteiger charge is -2.37. The molecule has 4 heterocycles. The van der Waals surface area contributed by atoms with Gasteiger partial charge in [-0.2, -0.15) is 5.26 Å². The number of rotatable bonds is 3. The Bertz CT molecular complexity index is 1290. The van der Waals surface area contributed by atoms with Gasteiger partial charge in [-0.25, -0.2) is 14.8 Å². The molecule has 0 saturated carbocycles. The van der Waals surface area contributed by atoms with Crippen LogP contribution in [0.5, 0.6) is 5.88 Å². The monoisotopic (exact) mass is 491 g/mol. The minimum atomic E-state index is -5.01. The third kappa shape index (κ3) is 4.09.